The minimum atomic E-state index is -1.09. The van der Waals surface area contributed by atoms with Crippen molar-refractivity contribution in [1.29, 1.82) is 0 Å². The highest BCUT2D eigenvalue weighted by Crippen LogP contribution is 2.41. The number of hydrogen-bond acceptors (Lipinski definition) is 9. The molecule has 1 fully saturated rings. The summed E-state index contributed by atoms with van der Waals surface area (Å²) in [6, 6.07) is 28.7. The molecule has 1 aliphatic carbocycles. The van der Waals surface area contributed by atoms with E-state index in [1.165, 1.54) is 25.7 Å². The van der Waals surface area contributed by atoms with Crippen LogP contribution >= 0.6 is 18.5 Å². The fourth-order valence-corrected chi connectivity index (χ4v) is 11.4. The lowest BCUT2D eigenvalue weighted by atomic mass is 9.94. The number of anilines is 1. The van der Waals surface area contributed by atoms with Gasteiger partial charge in [0.2, 0.25) is 0 Å². The molecule has 0 saturated heterocycles. The van der Waals surface area contributed by atoms with Gasteiger partial charge in [-0.1, -0.05) is 73.7 Å². The van der Waals surface area contributed by atoms with Crippen molar-refractivity contribution in [3.63, 3.8) is 0 Å². The first-order valence-electron chi connectivity index (χ1n) is 24.9. The molecule has 74 heavy (non-hydrogen) atoms. The number of benzene rings is 4. The number of phenolic OH excluding ortho intramolecular Hbond substituents is 3. The zero-order valence-electron chi connectivity index (χ0n) is 40.6. The summed E-state index contributed by atoms with van der Waals surface area (Å²) in [5, 5.41) is 48.8. The van der Waals surface area contributed by atoms with Crippen LogP contribution in [-0.2, 0) is 6.54 Å². The Bertz CT molecular complexity index is 3640. The standard InChI is InChI=1S/C58H55F2N9O3P2/c1-61-35-13-5-3-2-4-6-14-37(29-35)69-31-36(67-68-69)30-62-56-55(60)54(59)53(57(73)58(56)74)52-47-24-22-45(65-47)50(33-11-8-16-39(71)27-33)43-20-18-41(63-43)49(32-10-7-15-38(70)26-32)42-19-21-44(64-42)51(46-23-25-48(52)66-46)34-12-9-17-40(72)28-34/h7-12,15-28,31,35,37,61-63,66,70-72H,2-6,13-14,29-30,73-74H2,1H3. The number of hydrogen-bond donors (Lipinski definition) is 7. The predicted molar refractivity (Wildman–Crippen MR) is 300 cm³/mol. The van der Waals surface area contributed by atoms with Crippen molar-refractivity contribution < 1.29 is 24.1 Å². The lowest BCUT2D eigenvalue weighted by molar-refractivity contribution is 0.310. The summed E-state index contributed by atoms with van der Waals surface area (Å²) in [5.74, 6) is -1.98. The maximum atomic E-state index is 17.5. The van der Waals surface area contributed by atoms with Crippen LogP contribution in [0.1, 0.15) is 85.9 Å². The molecule has 0 radical (unpaired) electrons. The molecule has 1 saturated carbocycles. The molecule has 0 spiro atoms. The molecule has 7 N–H and O–H groups in total. The molecule has 374 valence electrons. The van der Waals surface area contributed by atoms with Gasteiger partial charge in [-0.05, 0) is 133 Å². The van der Waals surface area contributed by atoms with Crippen LogP contribution < -0.4 is 21.2 Å². The summed E-state index contributed by atoms with van der Waals surface area (Å²) < 4.78 is 36.5. The number of rotatable bonds is 9. The maximum absolute atomic E-state index is 17.5. The first-order valence-corrected chi connectivity index (χ1v) is 26.1. The van der Waals surface area contributed by atoms with Gasteiger partial charge in [0.1, 0.15) is 22.9 Å². The molecular formula is C58H55F2N9O3P2. The van der Waals surface area contributed by atoms with Crippen LogP contribution in [-0.4, -0.2) is 63.3 Å². The van der Waals surface area contributed by atoms with E-state index in [9.17, 15) is 15.3 Å². The third-order valence-electron chi connectivity index (χ3n) is 14.3. The van der Waals surface area contributed by atoms with Gasteiger partial charge in [-0.3, -0.25) is 0 Å². The van der Waals surface area contributed by atoms with Crippen molar-refractivity contribution in [2.24, 2.45) is 0 Å². The molecule has 6 heterocycles. The van der Waals surface area contributed by atoms with Crippen LogP contribution in [0.5, 0.6) is 17.2 Å². The monoisotopic (exact) mass is 1030 g/mol. The van der Waals surface area contributed by atoms with E-state index >= 15 is 8.78 Å². The normalized spacial score (nSPS) is 15.9. The highest BCUT2D eigenvalue weighted by molar-refractivity contribution is 7.36. The van der Waals surface area contributed by atoms with E-state index in [-0.39, 0.29) is 46.6 Å². The number of aromatic hydroxyl groups is 3. The number of nitrogens with zero attached hydrogens (tertiary/aromatic N) is 5. The third-order valence-corrected chi connectivity index (χ3v) is 15.8. The number of aromatic nitrogens is 7. The summed E-state index contributed by atoms with van der Waals surface area (Å²) in [6.45, 7) is 0.111. The Hall–Kier alpha value is -7.50. The highest BCUT2D eigenvalue weighted by Gasteiger charge is 2.27. The SMILES string of the molecule is CNC1CCCCCCCC(n2cc(CNc3c(F)c(F)c(-c4c5nc(c(-c6cccc(O)c6)c6ccc([nH]6)c(-c6cccc(O)c6)c6nc(c(-c7cccc(O)c7)c7ccc4[nH]7)C=C6)C=C5)c(P)c3P)nn2)C1. The Balaban J connectivity index is 1.11. The molecule has 11 rings (SSSR count). The molecular weight excluding hydrogens is 971 g/mol. The summed E-state index contributed by atoms with van der Waals surface area (Å²) in [7, 11) is 7.26. The maximum Gasteiger partial charge on any atom is 0.183 e. The van der Waals surface area contributed by atoms with Gasteiger partial charge in [0.25, 0.3) is 0 Å². The second kappa shape index (κ2) is 20.8. The van der Waals surface area contributed by atoms with Crippen molar-refractivity contribution in [3.8, 4) is 61.8 Å². The van der Waals surface area contributed by atoms with Crippen LogP contribution in [0.4, 0.5) is 14.5 Å². The van der Waals surface area contributed by atoms with Gasteiger partial charge in [0.15, 0.2) is 11.6 Å². The largest absolute Gasteiger partial charge is 0.508 e. The van der Waals surface area contributed by atoms with E-state index in [1.807, 2.05) is 78.6 Å². The third kappa shape index (κ3) is 9.61. The fourth-order valence-electron chi connectivity index (χ4n) is 10.6. The molecule has 4 unspecified atom stereocenters. The van der Waals surface area contributed by atoms with Crippen molar-refractivity contribution in [1.82, 2.24) is 40.2 Å². The minimum absolute atomic E-state index is 0.0246. The molecule has 8 bridgehead atoms. The van der Waals surface area contributed by atoms with E-state index in [0.29, 0.717) is 101 Å². The Labute approximate surface area is 431 Å². The average Bonchev–Trinajstić information content (AvgIpc) is 4.28. The summed E-state index contributed by atoms with van der Waals surface area (Å²) in [6.07, 6.45) is 18.3. The van der Waals surface area contributed by atoms with E-state index in [4.69, 9.17) is 9.97 Å². The number of phenols is 3. The first-order chi connectivity index (χ1) is 36.0. The van der Waals surface area contributed by atoms with E-state index in [1.54, 1.807) is 60.7 Å². The van der Waals surface area contributed by atoms with Crippen LogP contribution in [0.25, 0.3) is 90.9 Å². The molecule has 2 aliphatic heterocycles. The molecule has 4 atom stereocenters. The number of H-pyrrole nitrogens is 2. The van der Waals surface area contributed by atoms with Gasteiger partial charge in [0, 0.05) is 61.2 Å². The van der Waals surface area contributed by atoms with Crippen LogP contribution in [0, 0.1) is 11.6 Å². The van der Waals surface area contributed by atoms with Gasteiger partial charge < -0.3 is 35.9 Å². The zero-order chi connectivity index (χ0) is 51.0. The number of fused-ring (bicyclic) bond motifs is 8. The molecule has 0 amide bonds. The highest BCUT2D eigenvalue weighted by atomic mass is 31.0. The Kier molecular flexibility index (Phi) is 13.7. The molecule has 4 aromatic heterocycles. The molecule has 12 nitrogen and oxygen atoms in total. The van der Waals surface area contributed by atoms with Gasteiger partial charge in [0.05, 0.1) is 47.2 Å². The lowest BCUT2D eigenvalue weighted by Gasteiger charge is -2.24. The Morgan fingerprint density at radius 1 is 0.595 bits per heavy atom. The number of halogens is 2. The van der Waals surface area contributed by atoms with Crippen molar-refractivity contribution in [2.45, 2.75) is 70.0 Å². The van der Waals surface area contributed by atoms with Crippen molar-refractivity contribution in [2.75, 3.05) is 12.4 Å². The van der Waals surface area contributed by atoms with Crippen LogP contribution in [0.3, 0.4) is 0 Å². The van der Waals surface area contributed by atoms with E-state index in [2.05, 4.69) is 49.4 Å². The van der Waals surface area contributed by atoms with Crippen molar-refractivity contribution >= 4 is 81.1 Å². The minimum Gasteiger partial charge on any atom is -0.508 e. The lowest BCUT2D eigenvalue weighted by Crippen LogP contribution is -2.29. The van der Waals surface area contributed by atoms with Crippen molar-refractivity contribution in [3.05, 3.63) is 143 Å². The van der Waals surface area contributed by atoms with Gasteiger partial charge >= 0.3 is 0 Å². The van der Waals surface area contributed by atoms with Crippen LogP contribution in [0.2, 0.25) is 0 Å². The molecule has 16 heteroatoms. The van der Waals surface area contributed by atoms with E-state index < -0.39 is 11.6 Å². The van der Waals surface area contributed by atoms with Gasteiger partial charge in [-0.2, -0.15) is 0 Å². The Morgan fingerprint density at radius 3 is 1.57 bits per heavy atom. The molecule has 3 aliphatic rings. The average molecular weight is 1030 g/mol. The topological polar surface area (TPSA) is 173 Å². The van der Waals surface area contributed by atoms with Gasteiger partial charge in [-0.15, -0.1) is 23.6 Å². The van der Waals surface area contributed by atoms with E-state index in [0.717, 1.165) is 25.7 Å². The predicted octanol–water partition coefficient (Wildman–Crippen LogP) is 12.2. The summed E-state index contributed by atoms with van der Waals surface area (Å²) in [4.78, 5) is 17.6. The summed E-state index contributed by atoms with van der Waals surface area (Å²) >= 11 is 0. The first kappa shape index (κ1) is 48.8. The van der Waals surface area contributed by atoms with Crippen LogP contribution in [0.15, 0.2) is 103 Å². The smallest absolute Gasteiger partial charge is 0.183 e. The second-order valence-electron chi connectivity index (χ2n) is 19.1. The molecule has 8 aromatic rings. The number of aromatic amines is 2. The van der Waals surface area contributed by atoms with Gasteiger partial charge in [-0.25, -0.2) is 23.4 Å². The summed E-state index contributed by atoms with van der Waals surface area (Å²) in [5.41, 5.74) is 9.13. The zero-order valence-corrected chi connectivity index (χ0v) is 42.9. The Morgan fingerprint density at radius 2 is 1.07 bits per heavy atom. The number of nitrogens with one attached hydrogen (secondary N) is 4. The fraction of sp³-hybridized carbons (Fsp3) is 0.207. The molecule has 4 aromatic carbocycles. The quantitative estimate of drug-likeness (QED) is 0.0695. The second-order valence-corrected chi connectivity index (χ2v) is 20.3.